The van der Waals surface area contributed by atoms with Gasteiger partial charge in [0.05, 0.1) is 6.04 Å². The van der Waals surface area contributed by atoms with Crippen molar-refractivity contribution in [3.8, 4) is 0 Å². The zero-order chi connectivity index (χ0) is 14.3. The maximum Gasteiger partial charge on any atom is 0.315 e. The molecule has 0 aromatic heterocycles. The monoisotopic (exact) mass is 283 g/mol. The summed E-state index contributed by atoms with van der Waals surface area (Å²) in [4.78, 5) is 22.1. The Labute approximate surface area is 117 Å². The number of halogens is 1. The third-order valence-corrected chi connectivity index (χ3v) is 2.95. The van der Waals surface area contributed by atoms with E-state index in [0.717, 1.165) is 5.56 Å². The van der Waals surface area contributed by atoms with E-state index in [2.05, 4.69) is 10.6 Å². The second kappa shape index (κ2) is 7.63. The van der Waals surface area contributed by atoms with Gasteiger partial charge in [0, 0.05) is 18.0 Å². The summed E-state index contributed by atoms with van der Waals surface area (Å²) in [7, 11) is 0. The molecular formula is C13H18ClN3O2. The third-order valence-electron chi connectivity index (χ3n) is 2.60. The number of urea groups is 1. The van der Waals surface area contributed by atoms with Crippen molar-refractivity contribution in [2.24, 2.45) is 5.73 Å². The van der Waals surface area contributed by atoms with Gasteiger partial charge in [-0.05, 0) is 25.0 Å². The number of amides is 3. The largest absolute Gasteiger partial charge is 0.370 e. The molecule has 0 fully saturated rings. The fourth-order valence-electron chi connectivity index (χ4n) is 1.62. The van der Waals surface area contributed by atoms with E-state index in [0.29, 0.717) is 18.0 Å². The van der Waals surface area contributed by atoms with Crippen molar-refractivity contribution in [1.82, 2.24) is 10.6 Å². The molecule has 0 aliphatic rings. The minimum absolute atomic E-state index is 0.190. The van der Waals surface area contributed by atoms with Crippen LogP contribution in [0, 0.1) is 0 Å². The first-order valence-electron chi connectivity index (χ1n) is 6.08. The number of carbonyl (C=O) groups is 2. The van der Waals surface area contributed by atoms with Crippen molar-refractivity contribution < 1.29 is 9.59 Å². The van der Waals surface area contributed by atoms with Crippen molar-refractivity contribution >= 4 is 23.5 Å². The minimum Gasteiger partial charge on any atom is -0.370 e. The lowest BCUT2D eigenvalue weighted by atomic mass is 10.1. The number of nitrogens with one attached hydrogen (secondary N) is 2. The van der Waals surface area contributed by atoms with Crippen molar-refractivity contribution in [2.75, 3.05) is 6.54 Å². The van der Waals surface area contributed by atoms with Crippen LogP contribution in [0.1, 0.15) is 31.4 Å². The molecule has 0 saturated carbocycles. The molecule has 1 rings (SSSR count). The molecule has 0 aliphatic carbocycles. The van der Waals surface area contributed by atoms with Gasteiger partial charge in [-0.15, -0.1) is 0 Å². The average molecular weight is 284 g/mol. The molecule has 1 aromatic carbocycles. The predicted molar refractivity (Wildman–Crippen MR) is 74.8 cm³/mol. The smallest absolute Gasteiger partial charge is 0.315 e. The molecule has 1 aromatic rings. The van der Waals surface area contributed by atoms with Gasteiger partial charge in [0.15, 0.2) is 0 Å². The number of carbonyl (C=O) groups excluding carboxylic acids is 2. The molecule has 0 spiro atoms. The van der Waals surface area contributed by atoms with Gasteiger partial charge in [-0.2, -0.15) is 0 Å². The first-order valence-corrected chi connectivity index (χ1v) is 6.45. The molecule has 19 heavy (non-hydrogen) atoms. The highest BCUT2D eigenvalue weighted by Crippen LogP contribution is 2.21. The Morgan fingerprint density at radius 2 is 2.05 bits per heavy atom. The van der Waals surface area contributed by atoms with Crippen LogP contribution in [-0.4, -0.2) is 18.5 Å². The molecule has 5 nitrogen and oxygen atoms in total. The lowest BCUT2D eigenvalue weighted by molar-refractivity contribution is -0.118. The average Bonchev–Trinajstić information content (AvgIpc) is 2.35. The Balaban J connectivity index is 2.36. The van der Waals surface area contributed by atoms with E-state index in [4.69, 9.17) is 17.3 Å². The van der Waals surface area contributed by atoms with Gasteiger partial charge < -0.3 is 16.4 Å². The van der Waals surface area contributed by atoms with Gasteiger partial charge in [-0.25, -0.2) is 4.79 Å². The first kappa shape index (κ1) is 15.3. The zero-order valence-corrected chi connectivity index (χ0v) is 11.5. The Bertz CT molecular complexity index is 451. The summed E-state index contributed by atoms with van der Waals surface area (Å²) >= 11 is 6.04. The molecule has 104 valence electrons. The summed E-state index contributed by atoms with van der Waals surface area (Å²) in [5, 5.41) is 6.05. The number of primary amides is 1. The number of rotatable bonds is 6. The number of hydrogen-bond acceptors (Lipinski definition) is 2. The standard InChI is InChI=1S/C13H18ClN3O2/c1-9(10-5-2-3-6-11(10)14)17-13(19)16-8-4-7-12(15)18/h2-3,5-6,9H,4,7-8H2,1H3,(H2,15,18)(H2,16,17,19)/t9-/m0/s1. The molecule has 0 aliphatic heterocycles. The molecule has 0 saturated heterocycles. The molecule has 0 heterocycles. The van der Waals surface area contributed by atoms with Gasteiger partial charge in [0.25, 0.3) is 0 Å². The second-order valence-corrected chi connectivity index (χ2v) is 4.62. The molecule has 0 radical (unpaired) electrons. The fourth-order valence-corrected chi connectivity index (χ4v) is 1.92. The van der Waals surface area contributed by atoms with Crippen molar-refractivity contribution in [1.29, 1.82) is 0 Å². The minimum atomic E-state index is -0.369. The summed E-state index contributed by atoms with van der Waals surface area (Å²) in [6, 6.07) is 6.86. The van der Waals surface area contributed by atoms with Gasteiger partial charge in [0.2, 0.25) is 5.91 Å². The van der Waals surface area contributed by atoms with Crippen LogP contribution in [0.15, 0.2) is 24.3 Å². The highest BCUT2D eigenvalue weighted by Gasteiger charge is 2.11. The highest BCUT2D eigenvalue weighted by atomic mass is 35.5. The molecule has 4 N–H and O–H groups in total. The Kier molecular flexibility index (Phi) is 6.15. The highest BCUT2D eigenvalue weighted by molar-refractivity contribution is 6.31. The predicted octanol–water partition coefficient (Wildman–Crippen LogP) is 1.97. The summed E-state index contributed by atoms with van der Waals surface area (Å²) in [6.07, 6.45) is 0.795. The SMILES string of the molecule is C[C@H](NC(=O)NCCCC(N)=O)c1ccccc1Cl. The van der Waals surface area contributed by atoms with E-state index in [9.17, 15) is 9.59 Å². The van der Waals surface area contributed by atoms with Gasteiger partial charge in [-0.3, -0.25) is 4.79 Å². The maximum atomic E-state index is 11.6. The molecule has 6 heteroatoms. The van der Waals surface area contributed by atoms with E-state index in [1.165, 1.54) is 0 Å². The zero-order valence-electron chi connectivity index (χ0n) is 10.8. The Morgan fingerprint density at radius 3 is 2.68 bits per heavy atom. The van der Waals surface area contributed by atoms with Gasteiger partial charge in [-0.1, -0.05) is 29.8 Å². The van der Waals surface area contributed by atoms with Crippen LogP contribution in [-0.2, 0) is 4.79 Å². The van der Waals surface area contributed by atoms with Crippen LogP contribution in [0.5, 0.6) is 0 Å². The number of hydrogen-bond donors (Lipinski definition) is 3. The molecule has 0 bridgehead atoms. The second-order valence-electron chi connectivity index (χ2n) is 4.21. The van der Waals surface area contributed by atoms with Crippen LogP contribution in [0.25, 0.3) is 0 Å². The lowest BCUT2D eigenvalue weighted by Gasteiger charge is -2.16. The molecular weight excluding hydrogens is 266 g/mol. The van der Waals surface area contributed by atoms with Crippen LogP contribution in [0.3, 0.4) is 0 Å². The summed E-state index contributed by atoms with van der Waals surface area (Å²) < 4.78 is 0. The summed E-state index contributed by atoms with van der Waals surface area (Å²) in [5.74, 6) is -0.369. The van der Waals surface area contributed by atoms with Crippen molar-refractivity contribution in [3.63, 3.8) is 0 Å². The maximum absolute atomic E-state index is 11.6. The first-order chi connectivity index (χ1) is 9.00. The van der Waals surface area contributed by atoms with Crippen molar-refractivity contribution in [3.05, 3.63) is 34.9 Å². The Hall–Kier alpha value is -1.75. The third kappa shape index (κ3) is 5.61. The van der Waals surface area contributed by atoms with E-state index >= 15 is 0 Å². The molecule has 1 atom stereocenters. The number of nitrogens with two attached hydrogens (primary N) is 1. The summed E-state index contributed by atoms with van der Waals surface area (Å²) in [6.45, 7) is 2.26. The quantitative estimate of drug-likeness (QED) is 0.697. The van der Waals surface area contributed by atoms with Crippen LogP contribution in [0.4, 0.5) is 4.79 Å². The van der Waals surface area contributed by atoms with Crippen LogP contribution < -0.4 is 16.4 Å². The van der Waals surface area contributed by atoms with E-state index in [1.807, 2.05) is 25.1 Å². The van der Waals surface area contributed by atoms with E-state index in [-0.39, 0.29) is 24.4 Å². The van der Waals surface area contributed by atoms with Crippen molar-refractivity contribution in [2.45, 2.75) is 25.8 Å². The fraction of sp³-hybridized carbons (Fsp3) is 0.385. The van der Waals surface area contributed by atoms with Gasteiger partial charge >= 0.3 is 6.03 Å². The Morgan fingerprint density at radius 1 is 1.37 bits per heavy atom. The van der Waals surface area contributed by atoms with E-state index in [1.54, 1.807) is 6.07 Å². The van der Waals surface area contributed by atoms with Crippen LogP contribution in [0.2, 0.25) is 5.02 Å². The normalized spacial score (nSPS) is 11.7. The number of benzene rings is 1. The van der Waals surface area contributed by atoms with Crippen LogP contribution >= 0.6 is 11.6 Å². The topological polar surface area (TPSA) is 84.2 Å². The van der Waals surface area contributed by atoms with E-state index < -0.39 is 0 Å². The summed E-state index contributed by atoms with van der Waals surface area (Å²) in [5.41, 5.74) is 5.86. The van der Waals surface area contributed by atoms with Gasteiger partial charge in [0.1, 0.15) is 0 Å². The molecule has 0 unspecified atom stereocenters. The lowest BCUT2D eigenvalue weighted by Crippen LogP contribution is -2.37. The molecule has 3 amide bonds.